The molecule has 0 amide bonds. The summed E-state index contributed by atoms with van der Waals surface area (Å²) in [6.45, 7) is 2.63. The van der Waals surface area contributed by atoms with Crippen LogP contribution in [0.4, 0.5) is 0 Å². The van der Waals surface area contributed by atoms with Gasteiger partial charge in [-0.2, -0.15) is 0 Å². The molecule has 2 nitrogen and oxygen atoms in total. The lowest BCUT2D eigenvalue weighted by molar-refractivity contribution is -0.136. The van der Waals surface area contributed by atoms with E-state index in [0.29, 0.717) is 6.42 Å². The summed E-state index contributed by atoms with van der Waals surface area (Å²) in [5, 5.41) is 0. The molecule has 1 saturated heterocycles. The van der Waals surface area contributed by atoms with Crippen LogP contribution in [0.1, 0.15) is 24.6 Å². The first-order valence-electron chi connectivity index (χ1n) is 5.02. The number of carbonyl (C=O) groups excluding carboxylic acids is 1. The quantitative estimate of drug-likeness (QED) is 0.854. The highest BCUT2D eigenvalue weighted by molar-refractivity contribution is 9.11. The third-order valence-electron chi connectivity index (χ3n) is 2.77. The lowest BCUT2D eigenvalue weighted by Crippen LogP contribution is -2.35. The second kappa shape index (κ2) is 4.36. The number of hydrogen-bond acceptors (Lipinski definition) is 3. The molecule has 2 heterocycles. The van der Waals surface area contributed by atoms with E-state index in [-0.39, 0.29) is 5.78 Å². The average Bonchev–Trinajstić information content (AvgIpc) is 2.76. The minimum absolute atomic E-state index is 0.203. The molecule has 0 radical (unpaired) electrons. The number of Topliss-reactive ketones (excluding diaryl/α,β-unsaturated/α-hetero) is 1. The van der Waals surface area contributed by atoms with Crippen molar-refractivity contribution in [3.63, 3.8) is 0 Å². The summed E-state index contributed by atoms with van der Waals surface area (Å²) in [5.74, 6) is 0.203. The highest BCUT2D eigenvalue weighted by Crippen LogP contribution is 2.29. The third kappa shape index (κ3) is 2.49. The van der Waals surface area contributed by atoms with Crippen molar-refractivity contribution in [2.75, 3.05) is 6.61 Å². The van der Waals surface area contributed by atoms with Crippen LogP contribution in [0, 0.1) is 0 Å². The van der Waals surface area contributed by atoms with Crippen molar-refractivity contribution in [2.24, 2.45) is 0 Å². The van der Waals surface area contributed by atoms with Gasteiger partial charge in [0.05, 0.1) is 3.79 Å². The Balaban J connectivity index is 2.03. The average molecular weight is 289 g/mol. The minimum atomic E-state index is -0.531. The van der Waals surface area contributed by atoms with Crippen LogP contribution >= 0.6 is 27.3 Å². The number of ether oxygens (including phenoxy) is 1. The fourth-order valence-electron chi connectivity index (χ4n) is 1.79. The summed E-state index contributed by atoms with van der Waals surface area (Å²) in [6, 6.07) is 3.97. The molecule has 1 aromatic rings. The van der Waals surface area contributed by atoms with Crippen molar-refractivity contribution >= 4 is 33.0 Å². The van der Waals surface area contributed by atoms with Gasteiger partial charge in [0, 0.05) is 17.9 Å². The van der Waals surface area contributed by atoms with E-state index in [0.717, 1.165) is 28.1 Å². The summed E-state index contributed by atoms with van der Waals surface area (Å²) in [7, 11) is 0. The predicted octanol–water partition coefficient (Wildman–Crippen LogP) is 3.19. The highest BCUT2D eigenvalue weighted by Gasteiger charge is 2.37. The van der Waals surface area contributed by atoms with Gasteiger partial charge in [0.1, 0.15) is 5.60 Å². The molecule has 0 aromatic carbocycles. The molecule has 15 heavy (non-hydrogen) atoms. The zero-order valence-corrected chi connectivity index (χ0v) is 11.0. The van der Waals surface area contributed by atoms with E-state index in [2.05, 4.69) is 15.9 Å². The van der Waals surface area contributed by atoms with Gasteiger partial charge in [0.25, 0.3) is 0 Å². The van der Waals surface area contributed by atoms with Crippen molar-refractivity contribution in [1.82, 2.24) is 0 Å². The van der Waals surface area contributed by atoms with E-state index in [9.17, 15) is 4.79 Å². The Kier molecular flexibility index (Phi) is 3.28. The minimum Gasteiger partial charge on any atom is -0.367 e. The Labute approximate surface area is 102 Å². The zero-order chi connectivity index (χ0) is 10.9. The lowest BCUT2D eigenvalue weighted by atomic mass is 9.95. The molecule has 1 aliphatic rings. The SMILES string of the molecule is CC1(C(=O)Cc2ccc(Br)s2)CCCO1. The summed E-state index contributed by atoms with van der Waals surface area (Å²) in [4.78, 5) is 13.1. The fourth-order valence-corrected chi connectivity index (χ4v) is 3.27. The second-order valence-electron chi connectivity index (χ2n) is 3.99. The highest BCUT2D eigenvalue weighted by atomic mass is 79.9. The third-order valence-corrected chi connectivity index (χ3v) is 4.40. The fraction of sp³-hybridized carbons (Fsp3) is 0.545. The van der Waals surface area contributed by atoms with Crippen LogP contribution in [0.5, 0.6) is 0 Å². The molecule has 1 unspecified atom stereocenters. The van der Waals surface area contributed by atoms with Crippen LogP contribution in [0.2, 0.25) is 0 Å². The molecule has 1 fully saturated rings. The van der Waals surface area contributed by atoms with E-state index in [1.54, 1.807) is 11.3 Å². The van der Waals surface area contributed by atoms with Gasteiger partial charge in [0.15, 0.2) is 5.78 Å². The number of carbonyl (C=O) groups is 1. The van der Waals surface area contributed by atoms with Crippen molar-refractivity contribution in [3.05, 3.63) is 20.8 Å². The Morgan fingerprint density at radius 3 is 3.00 bits per heavy atom. The van der Waals surface area contributed by atoms with Gasteiger partial charge in [-0.15, -0.1) is 11.3 Å². The maximum absolute atomic E-state index is 12.0. The van der Waals surface area contributed by atoms with Crippen LogP contribution < -0.4 is 0 Å². The molecule has 0 N–H and O–H groups in total. The van der Waals surface area contributed by atoms with Crippen LogP contribution in [0.15, 0.2) is 15.9 Å². The molecule has 2 rings (SSSR count). The largest absolute Gasteiger partial charge is 0.367 e. The van der Waals surface area contributed by atoms with Crippen molar-refractivity contribution in [3.8, 4) is 0 Å². The van der Waals surface area contributed by atoms with Gasteiger partial charge in [-0.05, 0) is 47.8 Å². The van der Waals surface area contributed by atoms with Crippen LogP contribution in [-0.2, 0) is 16.0 Å². The van der Waals surface area contributed by atoms with Gasteiger partial charge >= 0.3 is 0 Å². The van der Waals surface area contributed by atoms with Crippen molar-refractivity contribution in [1.29, 1.82) is 0 Å². The van der Waals surface area contributed by atoms with E-state index in [1.165, 1.54) is 0 Å². The van der Waals surface area contributed by atoms with E-state index >= 15 is 0 Å². The molecule has 82 valence electrons. The summed E-state index contributed by atoms with van der Waals surface area (Å²) in [5.41, 5.74) is -0.531. The number of thiophene rings is 1. The van der Waals surface area contributed by atoms with E-state index in [1.807, 2.05) is 19.1 Å². The number of rotatable bonds is 3. The first kappa shape index (κ1) is 11.3. The Hall–Kier alpha value is -0.190. The number of ketones is 1. The maximum atomic E-state index is 12.0. The monoisotopic (exact) mass is 288 g/mol. The topological polar surface area (TPSA) is 26.3 Å². The second-order valence-corrected chi connectivity index (χ2v) is 6.54. The molecule has 0 saturated carbocycles. The van der Waals surface area contributed by atoms with Crippen LogP contribution in [-0.4, -0.2) is 18.0 Å². The maximum Gasteiger partial charge on any atom is 0.169 e. The molecule has 4 heteroatoms. The molecule has 1 aromatic heterocycles. The Morgan fingerprint density at radius 1 is 1.67 bits per heavy atom. The normalized spacial score (nSPS) is 25.7. The van der Waals surface area contributed by atoms with Gasteiger partial charge in [0.2, 0.25) is 0 Å². The summed E-state index contributed by atoms with van der Waals surface area (Å²) >= 11 is 5.01. The van der Waals surface area contributed by atoms with Crippen molar-refractivity contribution < 1.29 is 9.53 Å². The smallest absolute Gasteiger partial charge is 0.169 e. The Bertz CT molecular complexity index is 366. The lowest BCUT2D eigenvalue weighted by Gasteiger charge is -2.20. The van der Waals surface area contributed by atoms with Crippen LogP contribution in [0.25, 0.3) is 0 Å². The molecule has 1 atom stereocenters. The van der Waals surface area contributed by atoms with Gasteiger partial charge < -0.3 is 4.74 Å². The van der Waals surface area contributed by atoms with Gasteiger partial charge in [-0.1, -0.05) is 0 Å². The molecule has 1 aliphatic heterocycles. The van der Waals surface area contributed by atoms with Crippen LogP contribution in [0.3, 0.4) is 0 Å². The molecule has 0 aliphatic carbocycles. The summed E-state index contributed by atoms with van der Waals surface area (Å²) < 4.78 is 6.60. The first-order chi connectivity index (χ1) is 7.10. The zero-order valence-electron chi connectivity index (χ0n) is 8.59. The number of halogens is 1. The first-order valence-corrected chi connectivity index (χ1v) is 6.62. The predicted molar refractivity (Wildman–Crippen MR) is 64.3 cm³/mol. The molecular weight excluding hydrogens is 276 g/mol. The van der Waals surface area contributed by atoms with E-state index < -0.39 is 5.60 Å². The summed E-state index contributed by atoms with van der Waals surface area (Å²) in [6.07, 6.45) is 2.35. The Morgan fingerprint density at radius 2 is 2.47 bits per heavy atom. The van der Waals surface area contributed by atoms with Gasteiger partial charge in [-0.3, -0.25) is 4.79 Å². The molecule has 0 bridgehead atoms. The standard InChI is InChI=1S/C11H13BrO2S/c1-11(5-2-6-14-11)9(13)7-8-3-4-10(12)15-8/h3-4H,2,5-7H2,1H3. The van der Waals surface area contributed by atoms with E-state index in [4.69, 9.17) is 4.74 Å². The van der Waals surface area contributed by atoms with Crippen molar-refractivity contribution in [2.45, 2.75) is 31.8 Å². The molecular formula is C11H13BrO2S. The van der Waals surface area contributed by atoms with Gasteiger partial charge in [-0.25, -0.2) is 0 Å². The molecule has 0 spiro atoms. The number of hydrogen-bond donors (Lipinski definition) is 0.